The molecule has 2 aromatic rings. The van der Waals surface area contributed by atoms with Crippen LogP contribution in [0.25, 0.3) is 0 Å². The Balaban J connectivity index is 1.83. The van der Waals surface area contributed by atoms with Crippen molar-refractivity contribution in [2.75, 3.05) is 5.75 Å². The van der Waals surface area contributed by atoms with Gasteiger partial charge in [0.05, 0.1) is 11.7 Å². The fourth-order valence-corrected chi connectivity index (χ4v) is 5.64. The van der Waals surface area contributed by atoms with Crippen molar-refractivity contribution >= 4 is 16.9 Å². The lowest BCUT2D eigenvalue weighted by Gasteiger charge is -2.32. The molecule has 2 aromatic heterocycles. The van der Waals surface area contributed by atoms with E-state index in [0.717, 1.165) is 24.4 Å². The third-order valence-corrected chi connectivity index (χ3v) is 6.70. The summed E-state index contributed by atoms with van der Waals surface area (Å²) in [7, 11) is 0. The van der Waals surface area contributed by atoms with Crippen LogP contribution in [0.4, 0.5) is 0 Å². The van der Waals surface area contributed by atoms with E-state index in [0.29, 0.717) is 6.04 Å². The predicted molar refractivity (Wildman–Crippen MR) is 105 cm³/mol. The molecule has 4 nitrogen and oxygen atoms in total. The average Bonchev–Trinajstić information content (AvgIpc) is 3.27. The minimum atomic E-state index is 0.0869. The Hall–Kier alpha value is -1.75. The smallest absolute Gasteiger partial charge is 0.160 e. The number of hydrogen-bond donors (Lipinski definition) is 0. The van der Waals surface area contributed by atoms with Gasteiger partial charge in [-0.1, -0.05) is 24.8 Å². The van der Waals surface area contributed by atoms with Crippen molar-refractivity contribution < 1.29 is 0 Å². The third kappa shape index (κ3) is 2.60. The molecule has 0 bridgehead atoms. The lowest BCUT2D eigenvalue weighted by Crippen LogP contribution is -2.35. The second-order valence-electron chi connectivity index (χ2n) is 6.91. The highest BCUT2D eigenvalue weighted by atomic mass is 32.2. The maximum atomic E-state index is 5.12. The minimum Gasteiger partial charge on any atom is -0.349 e. The average molecular weight is 355 g/mol. The number of nitrogens with zero attached hydrogens (tertiary/aromatic N) is 4. The molecular weight excluding hydrogens is 328 g/mol. The van der Waals surface area contributed by atoms with Gasteiger partial charge >= 0.3 is 0 Å². The van der Waals surface area contributed by atoms with E-state index in [4.69, 9.17) is 4.99 Å². The second kappa shape index (κ2) is 6.52. The van der Waals surface area contributed by atoms with Gasteiger partial charge in [0.2, 0.25) is 0 Å². The van der Waals surface area contributed by atoms with Crippen LogP contribution in [0.5, 0.6) is 0 Å². The van der Waals surface area contributed by atoms with Crippen LogP contribution >= 0.6 is 11.8 Å². The third-order valence-electron chi connectivity index (χ3n) is 5.58. The summed E-state index contributed by atoms with van der Waals surface area (Å²) in [6, 6.07) is 9.45. The van der Waals surface area contributed by atoms with E-state index < -0.39 is 0 Å². The normalized spacial score (nSPS) is 25.4. The van der Waals surface area contributed by atoms with Crippen molar-refractivity contribution in [2.24, 2.45) is 4.99 Å². The highest BCUT2D eigenvalue weighted by Gasteiger charge is 2.46. The molecule has 0 N–H and O–H groups in total. The number of aryl methyl sites for hydroxylation is 1. The summed E-state index contributed by atoms with van der Waals surface area (Å²) in [4.78, 5) is 12.3. The van der Waals surface area contributed by atoms with Gasteiger partial charge in [-0.05, 0) is 51.0 Å². The summed E-state index contributed by atoms with van der Waals surface area (Å²) >= 11 is 1.91. The Labute approximate surface area is 154 Å². The van der Waals surface area contributed by atoms with E-state index in [2.05, 4.69) is 60.3 Å². The van der Waals surface area contributed by atoms with Gasteiger partial charge in [-0.25, -0.2) is 0 Å². The summed E-state index contributed by atoms with van der Waals surface area (Å²) in [5.41, 5.74) is 5.19. The van der Waals surface area contributed by atoms with E-state index in [1.165, 1.54) is 22.1 Å². The fourth-order valence-electron chi connectivity index (χ4n) is 4.30. The molecule has 0 spiro atoms. The first-order valence-electron chi connectivity index (χ1n) is 9.22. The Kier molecular flexibility index (Phi) is 4.36. The predicted octanol–water partition coefficient (Wildman–Crippen LogP) is 4.50. The summed E-state index contributed by atoms with van der Waals surface area (Å²) in [6.07, 6.45) is 3.04. The Morgan fingerprint density at radius 3 is 2.72 bits per heavy atom. The maximum absolute atomic E-state index is 5.12. The Bertz CT molecular complexity index is 796. The fraction of sp³-hybridized carbons (Fsp3) is 0.500. The summed E-state index contributed by atoms with van der Waals surface area (Å²) in [6.45, 7) is 9.98. The van der Waals surface area contributed by atoms with Crippen LogP contribution in [0.3, 0.4) is 0 Å². The standard InChI is InChI=1S/C20H26N4S/c1-5-15-12-25-20-22-18(17-9-7-8-10-21-17)19(24(15)20)16-11-13(3)23(6-2)14(16)4/h7-11,15,18-19H,5-6,12H2,1-4H3/t15-,18+,19+/m0/s1. The molecule has 0 saturated carbocycles. The van der Waals surface area contributed by atoms with Crippen LogP contribution in [0.15, 0.2) is 35.5 Å². The maximum Gasteiger partial charge on any atom is 0.160 e. The van der Waals surface area contributed by atoms with Crippen molar-refractivity contribution in [1.29, 1.82) is 0 Å². The van der Waals surface area contributed by atoms with E-state index in [1.54, 1.807) is 0 Å². The van der Waals surface area contributed by atoms with Gasteiger partial charge in [0.1, 0.15) is 6.04 Å². The molecule has 0 radical (unpaired) electrons. The molecule has 0 aliphatic carbocycles. The Morgan fingerprint density at radius 1 is 1.24 bits per heavy atom. The highest BCUT2D eigenvalue weighted by Crippen LogP contribution is 2.49. The molecule has 3 atom stereocenters. The number of thioether (sulfide) groups is 1. The van der Waals surface area contributed by atoms with Crippen LogP contribution < -0.4 is 0 Å². The van der Waals surface area contributed by atoms with Crippen molar-refractivity contribution in [3.8, 4) is 0 Å². The van der Waals surface area contributed by atoms with E-state index in [9.17, 15) is 0 Å². The van der Waals surface area contributed by atoms with Gasteiger partial charge in [0, 0.05) is 35.9 Å². The lowest BCUT2D eigenvalue weighted by atomic mass is 9.95. The van der Waals surface area contributed by atoms with Gasteiger partial charge in [-0.15, -0.1) is 0 Å². The second-order valence-corrected chi connectivity index (χ2v) is 7.89. The van der Waals surface area contributed by atoms with E-state index in [-0.39, 0.29) is 12.1 Å². The number of aliphatic imine (C=N–C) groups is 1. The number of amidine groups is 1. The van der Waals surface area contributed by atoms with E-state index >= 15 is 0 Å². The van der Waals surface area contributed by atoms with Gasteiger partial charge in [-0.3, -0.25) is 9.98 Å². The van der Waals surface area contributed by atoms with Crippen LogP contribution in [0.1, 0.15) is 55.0 Å². The molecule has 4 rings (SSSR count). The molecule has 2 aliphatic rings. The minimum absolute atomic E-state index is 0.0869. The molecule has 1 fully saturated rings. The molecule has 0 aromatic carbocycles. The molecule has 5 heteroatoms. The topological polar surface area (TPSA) is 33.4 Å². The molecule has 0 amide bonds. The first-order valence-corrected chi connectivity index (χ1v) is 10.2. The Morgan fingerprint density at radius 2 is 2.08 bits per heavy atom. The number of pyridine rings is 1. The molecule has 4 heterocycles. The summed E-state index contributed by atoms with van der Waals surface area (Å²) in [5.74, 6) is 1.15. The van der Waals surface area contributed by atoms with Crippen molar-refractivity contribution in [3.63, 3.8) is 0 Å². The van der Waals surface area contributed by atoms with Crippen LogP contribution in [0, 0.1) is 13.8 Å². The molecule has 1 saturated heterocycles. The summed E-state index contributed by atoms with van der Waals surface area (Å²) < 4.78 is 2.41. The van der Waals surface area contributed by atoms with Crippen molar-refractivity contribution in [1.82, 2.24) is 14.5 Å². The van der Waals surface area contributed by atoms with E-state index in [1.807, 2.05) is 24.0 Å². The van der Waals surface area contributed by atoms with Crippen molar-refractivity contribution in [3.05, 3.63) is 53.1 Å². The number of fused-ring (bicyclic) bond motifs is 1. The zero-order chi connectivity index (χ0) is 17.6. The SMILES string of the molecule is CC[C@H]1CSC2=N[C@H](c3ccccn3)[C@@H](c3cc(C)n(CC)c3C)N21. The molecule has 0 unspecified atom stereocenters. The van der Waals surface area contributed by atoms with Crippen LogP contribution in [0.2, 0.25) is 0 Å². The van der Waals surface area contributed by atoms with Crippen molar-refractivity contribution in [2.45, 2.75) is 58.8 Å². The van der Waals surface area contributed by atoms with Gasteiger partial charge in [0.25, 0.3) is 0 Å². The highest BCUT2D eigenvalue weighted by molar-refractivity contribution is 8.14. The molecule has 25 heavy (non-hydrogen) atoms. The van der Waals surface area contributed by atoms with Gasteiger partial charge < -0.3 is 9.47 Å². The first kappa shape index (κ1) is 16.7. The number of rotatable bonds is 4. The van der Waals surface area contributed by atoms with Gasteiger partial charge in [0.15, 0.2) is 5.17 Å². The molecular formula is C20H26N4S. The molecule has 132 valence electrons. The quantitative estimate of drug-likeness (QED) is 0.810. The molecule has 2 aliphatic heterocycles. The first-order chi connectivity index (χ1) is 12.2. The van der Waals surface area contributed by atoms with Crippen LogP contribution in [-0.4, -0.2) is 31.4 Å². The lowest BCUT2D eigenvalue weighted by molar-refractivity contribution is 0.254. The monoisotopic (exact) mass is 354 g/mol. The number of aromatic nitrogens is 2. The number of hydrogen-bond acceptors (Lipinski definition) is 4. The zero-order valence-electron chi connectivity index (χ0n) is 15.4. The van der Waals surface area contributed by atoms with Crippen LogP contribution in [-0.2, 0) is 6.54 Å². The summed E-state index contributed by atoms with van der Waals surface area (Å²) in [5, 5.41) is 1.20. The largest absolute Gasteiger partial charge is 0.349 e. The zero-order valence-corrected chi connectivity index (χ0v) is 16.3. The van der Waals surface area contributed by atoms with Gasteiger partial charge in [-0.2, -0.15) is 0 Å².